The zero-order valence-corrected chi connectivity index (χ0v) is 17.3. The summed E-state index contributed by atoms with van der Waals surface area (Å²) in [5.74, 6) is 1.25. The highest BCUT2D eigenvalue weighted by Crippen LogP contribution is 2.29. The van der Waals surface area contributed by atoms with E-state index in [-0.39, 0.29) is 42.0 Å². The lowest BCUT2D eigenvalue weighted by molar-refractivity contribution is -0.136. The van der Waals surface area contributed by atoms with Crippen LogP contribution in [0, 0.1) is 17.8 Å². The maximum atomic E-state index is 12.8. The lowest BCUT2D eigenvalue weighted by Crippen LogP contribution is -2.43. The molecule has 1 saturated heterocycles. The van der Waals surface area contributed by atoms with E-state index in [0.717, 1.165) is 44.1 Å². The van der Waals surface area contributed by atoms with Crippen molar-refractivity contribution >= 4 is 24.1 Å². The van der Waals surface area contributed by atoms with Gasteiger partial charge >= 0.3 is 0 Å². The Morgan fingerprint density at radius 2 is 1.67 bits per heavy atom. The number of hydrogen-bond donors (Lipinski definition) is 1. The highest BCUT2D eigenvalue weighted by molar-refractivity contribution is 5.98. The summed E-state index contributed by atoms with van der Waals surface area (Å²) in [7, 11) is 0. The van der Waals surface area contributed by atoms with Crippen LogP contribution in [0.2, 0.25) is 0 Å². The van der Waals surface area contributed by atoms with Crippen LogP contribution in [-0.4, -0.2) is 35.7 Å². The topological polar surface area (TPSA) is 63.4 Å². The molecule has 150 valence electrons. The van der Waals surface area contributed by atoms with Crippen molar-refractivity contribution in [3.05, 3.63) is 35.4 Å². The molecular weight excluding hydrogens is 360 g/mol. The standard InChI is InChI=1S/C22H32N2O2.ClH/c1-15(2)13-16-3-5-17(6-4-16)21(25)18-9-11-24(12-10-18)22(26)19-7-8-20(23)14-19;/h3-6,15,18-20H,7-14,23H2,1-2H3;1H. The summed E-state index contributed by atoms with van der Waals surface area (Å²) in [5.41, 5.74) is 8.03. The average Bonchev–Trinajstić information content (AvgIpc) is 3.07. The van der Waals surface area contributed by atoms with Crippen molar-refractivity contribution in [2.45, 2.75) is 58.4 Å². The summed E-state index contributed by atoms with van der Waals surface area (Å²) in [6.45, 7) is 5.81. The van der Waals surface area contributed by atoms with Crippen LogP contribution < -0.4 is 5.73 Å². The van der Waals surface area contributed by atoms with E-state index in [1.54, 1.807) is 0 Å². The van der Waals surface area contributed by atoms with Gasteiger partial charge in [0, 0.05) is 36.5 Å². The number of ketones is 1. The maximum Gasteiger partial charge on any atom is 0.225 e. The molecule has 5 heteroatoms. The number of carbonyl (C=O) groups excluding carboxylic acids is 2. The first-order chi connectivity index (χ1) is 12.4. The van der Waals surface area contributed by atoms with Gasteiger partial charge in [0.15, 0.2) is 5.78 Å². The molecule has 4 nitrogen and oxygen atoms in total. The molecule has 1 aliphatic carbocycles. The lowest BCUT2D eigenvalue weighted by Gasteiger charge is -2.33. The number of nitrogens with zero attached hydrogens (tertiary/aromatic N) is 1. The van der Waals surface area contributed by atoms with Gasteiger partial charge in [0.05, 0.1) is 0 Å². The Bertz CT molecular complexity index is 636. The van der Waals surface area contributed by atoms with Crippen molar-refractivity contribution in [3.8, 4) is 0 Å². The van der Waals surface area contributed by atoms with Gasteiger partial charge in [0.1, 0.15) is 0 Å². The second-order valence-electron chi connectivity index (χ2n) is 8.53. The maximum absolute atomic E-state index is 12.8. The fourth-order valence-corrected chi connectivity index (χ4v) is 4.37. The van der Waals surface area contributed by atoms with E-state index in [0.29, 0.717) is 19.0 Å². The molecule has 1 aromatic rings. The van der Waals surface area contributed by atoms with Crippen LogP contribution in [0.1, 0.15) is 61.9 Å². The summed E-state index contributed by atoms with van der Waals surface area (Å²) in [6.07, 6.45) is 5.29. The van der Waals surface area contributed by atoms with E-state index < -0.39 is 0 Å². The highest BCUT2D eigenvalue weighted by atomic mass is 35.5. The summed E-state index contributed by atoms with van der Waals surface area (Å²) in [6, 6.07) is 8.28. The van der Waals surface area contributed by atoms with Crippen LogP contribution >= 0.6 is 12.4 Å². The Balaban J connectivity index is 0.00000261. The van der Waals surface area contributed by atoms with Crippen molar-refractivity contribution in [1.82, 2.24) is 4.90 Å². The molecule has 1 saturated carbocycles. The minimum atomic E-state index is 0. The van der Waals surface area contributed by atoms with E-state index in [2.05, 4.69) is 26.0 Å². The third kappa shape index (κ3) is 5.55. The minimum Gasteiger partial charge on any atom is -0.342 e. The number of benzene rings is 1. The van der Waals surface area contributed by atoms with Gasteiger partial charge < -0.3 is 10.6 Å². The number of Topliss-reactive ketones (excluding diaryl/α,β-unsaturated/α-hetero) is 1. The fraction of sp³-hybridized carbons (Fsp3) is 0.636. The van der Waals surface area contributed by atoms with Crippen LogP contribution in [0.3, 0.4) is 0 Å². The number of carbonyl (C=O) groups is 2. The van der Waals surface area contributed by atoms with Gasteiger partial charge in [-0.05, 0) is 50.0 Å². The van der Waals surface area contributed by atoms with E-state index in [4.69, 9.17) is 5.73 Å². The SMILES string of the molecule is CC(C)Cc1ccc(C(=O)C2CCN(C(=O)C3CCC(N)C3)CC2)cc1.Cl. The molecule has 0 aromatic heterocycles. The lowest BCUT2D eigenvalue weighted by atomic mass is 9.88. The number of amides is 1. The molecule has 27 heavy (non-hydrogen) atoms. The zero-order valence-electron chi connectivity index (χ0n) is 16.5. The van der Waals surface area contributed by atoms with Crippen molar-refractivity contribution in [2.24, 2.45) is 23.5 Å². The van der Waals surface area contributed by atoms with Crippen molar-refractivity contribution < 1.29 is 9.59 Å². The van der Waals surface area contributed by atoms with Crippen molar-refractivity contribution in [2.75, 3.05) is 13.1 Å². The first kappa shape index (κ1) is 21.9. The number of hydrogen-bond acceptors (Lipinski definition) is 3. The van der Waals surface area contributed by atoms with E-state index in [9.17, 15) is 9.59 Å². The Morgan fingerprint density at radius 3 is 2.19 bits per heavy atom. The number of piperidine rings is 1. The molecule has 0 bridgehead atoms. The molecule has 2 aliphatic rings. The Labute approximate surface area is 169 Å². The van der Waals surface area contributed by atoms with Crippen LogP contribution in [-0.2, 0) is 11.2 Å². The molecule has 0 radical (unpaired) electrons. The quantitative estimate of drug-likeness (QED) is 0.774. The molecule has 1 amide bonds. The first-order valence-electron chi connectivity index (χ1n) is 10.1. The normalized spacial score (nSPS) is 23.3. The van der Waals surface area contributed by atoms with Crippen LogP contribution in [0.25, 0.3) is 0 Å². The number of halogens is 1. The number of nitrogens with two attached hydrogens (primary N) is 1. The summed E-state index contributed by atoms with van der Waals surface area (Å²) in [5, 5.41) is 0. The smallest absolute Gasteiger partial charge is 0.225 e. The van der Waals surface area contributed by atoms with Gasteiger partial charge in [0.2, 0.25) is 5.91 Å². The predicted octanol–water partition coefficient (Wildman–Crippen LogP) is 3.86. The van der Waals surface area contributed by atoms with Crippen LogP contribution in [0.5, 0.6) is 0 Å². The largest absolute Gasteiger partial charge is 0.342 e. The highest BCUT2D eigenvalue weighted by Gasteiger charge is 2.34. The number of rotatable bonds is 5. The second-order valence-corrected chi connectivity index (χ2v) is 8.53. The Morgan fingerprint density at radius 1 is 1.04 bits per heavy atom. The zero-order chi connectivity index (χ0) is 18.7. The van der Waals surface area contributed by atoms with Crippen LogP contribution in [0.15, 0.2) is 24.3 Å². The van der Waals surface area contributed by atoms with E-state index >= 15 is 0 Å². The fourth-order valence-electron chi connectivity index (χ4n) is 4.37. The van der Waals surface area contributed by atoms with Gasteiger partial charge in [-0.15, -0.1) is 12.4 Å². The molecule has 2 unspecified atom stereocenters. The molecule has 2 N–H and O–H groups in total. The Hall–Kier alpha value is -1.39. The average molecular weight is 393 g/mol. The third-order valence-electron chi connectivity index (χ3n) is 5.88. The van der Waals surface area contributed by atoms with E-state index in [1.165, 1.54) is 5.56 Å². The third-order valence-corrected chi connectivity index (χ3v) is 5.88. The molecule has 3 rings (SSSR count). The summed E-state index contributed by atoms with van der Waals surface area (Å²) in [4.78, 5) is 27.3. The molecular formula is C22H33ClN2O2. The molecule has 0 spiro atoms. The first-order valence-corrected chi connectivity index (χ1v) is 10.1. The summed E-state index contributed by atoms with van der Waals surface area (Å²) < 4.78 is 0. The Kier molecular flexibility index (Phi) is 7.87. The van der Waals surface area contributed by atoms with Crippen molar-refractivity contribution in [3.63, 3.8) is 0 Å². The van der Waals surface area contributed by atoms with Gasteiger partial charge in [-0.1, -0.05) is 38.1 Å². The van der Waals surface area contributed by atoms with Crippen LogP contribution in [0.4, 0.5) is 0 Å². The number of likely N-dealkylation sites (tertiary alicyclic amines) is 1. The van der Waals surface area contributed by atoms with Gasteiger partial charge in [-0.25, -0.2) is 0 Å². The van der Waals surface area contributed by atoms with Crippen molar-refractivity contribution in [1.29, 1.82) is 0 Å². The van der Waals surface area contributed by atoms with Gasteiger partial charge in [-0.3, -0.25) is 9.59 Å². The summed E-state index contributed by atoms with van der Waals surface area (Å²) >= 11 is 0. The molecule has 1 aromatic carbocycles. The molecule has 2 atom stereocenters. The molecule has 1 aliphatic heterocycles. The monoisotopic (exact) mass is 392 g/mol. The van der Waals surface area contributed by atoms with Gasteiger partial charge in [0.25, 0.3) is 0 Å². The van der Waals surface area contributed by atoms with E-state index in [1.807, 2.05) is 17.0 Å². The minimum absolute atomic E-state index is 0. The van der Waals surface area contributed by atoms with Gasteiger partial charge in [-0.2, -0.15) is 0 Å². The second kappa shape index (κ2) is 9.70. The molecule has 2 fully saturated rings. The molecule has 1 heterocycles. The predicted molar refractivity (Wildman–Crippen MR) is 111 cm³/mol.